The van der Waals surface area contributed by atoms with Gasteiger partial charge in [0.05, 0.1) is 35.3 Å². The minimum absolute atomic E-state index is 0.140. The van der Waals surface area contributed by atoms with E-state index in [1.54, 1.807) is 0 Å². The maximum atomic E-state index is 12.7. The quantitative estimate of drug-likeness (QED) is 0.405. The number of carbonyl (C=O) groups excluding carboxylic acids is 1. The van der Waals surface area contributed by atoms with Gasteiger partial charge in [-0.2, -0.15) is 5.10 Å². The van der Waals surface area contributed by atoms with Gasteiger partial charge in [0.15, 0.2) is 0 Å². The van der Waals surface area contributed by atoms with Crippen molar-refractivity contribution in [1.82, 2.24) is 14.7 Å². The topological polar surface area (TPSA) is 56.6 Å². The number of ether oxygens (including phenoxy) is 2. The number of rotatable bonds is 7. The maximum Gasteiger partial charge on any atom is 0.410 e. The van der Waals surface area contributed by atoms with Gasteiger partial charge in [-0.25, -0.2) is 9.48 Å². The highest BCUT2D eigenvalue weighted by Crippen LogP contribution is 2.44. The molecule has 1 saturated heterocycles. The van der Waals surface area contributed by atoms with E-state index in [-0.39, 0.29) is 18.2 Å². The average Bonchev–Trinajstić information content (AvgIpc) is 3.31. The molecule has 182 valence electrons. The molecule has 0 spiro atoms. The summed E-state index contributed by atoms with van der Waals surface area (Å²) in [6.07, 6.45) is 6.14. The Labute approximate surface area is 210 Å². The molecule has 6 nitrogen and oxygen atoms in total. The molecule has 0 unspecified atom stereocenters. The van der Waals surface area contributed by atoms with E-state index in [1.165, 1.54) is 18.4 Å². The first-order valence-corrected chi connectivity index (χ1v) is 12.9. The Morgan fingerprint density at radius 3 is 2.63 bits per heavy atom. The number of benzene rings is 2. The number of amides is 1. The highest BCUT2D eigenvalue weighted by atomic mass is 35.5. The van der Waals surface area contributed by atoms with E-state index in [0.717, 1.165) is 35.3 Å². The summed E-state index contributed by atoms with van der Waals surface area (Å²) in [6.45, 7) is 3.57. The second kappa shape index (κ2) is 9.32. The highest BCUT2D eigenvalue weighted by Gasteiger charge is 2.48. The van der Waals surface area contributed by atoms with Crippen LogP contribution < -0.4 is 0 Å². The zero-order valence-corrected chi connectivity index (χ0v) is 20.7. The Hall–Kier alpha value is -2.83. The molecule has 1 amide bonds. The first-order chi connectivity index (χ1) is 17.1. The van der Waals surface area contributed by atoms with Crippen molar-refractivity contribution in [2.75, 3.05) is 6.54 Å². The lowest BCUT2D eigenvalue weighted by molar-refractivity contribution is -0.0131. The van der Waals surface area contributed by atoms with E-state index in [2.05, 4.69) is 13.0 Å². The minimum Gasteiger partial charge on any atom is -0.445 e. The number of piperidine rings is 1. The molecule has 2 aliphatic carbocycles. The van der Waals surface area contributed by atoms with Crippen molar-refractivity contribution in [1.29, 1.82) is 0 Å². The van der Waals surface area contributed by atoms with Crippen LogP contribution in [0.5, 0.6) is 0 Å². The van der Waals surface area contributed by atoms with Crippen molar-refractivity contribution >= 4 is 17.7 Å². The zero-order valence-electron chi connectivity index (χ0n) is 19.9. The van der Waals surface area contributed by atoms with Crippen molar-refractivity contribution in [3.8, 4) is 5.69 Å². The fourth-order valence-corrected chi connectivity index (χ4v) is 5.97. The van der Waals surface area contributed by atoms with Gasteiger partial charge in [-0.05, 0) is 61.3 Å². The Morgan fingerprint density at radius 1 is 1.09 bits per heavy atom. The molecule has 2 bridgehead atoms. The van der Waals surface area contributed by atoms with Crippen molar-refractivity contribution < 1.29 is 14.3 Å². The summed E-state index contributed by atoms with van der Waals surface area (Å²) in [5.74, 6) is 0.909. The molecule has 3 aromatic rings. The molecule has 7 heteroatoms. The van der Waals surface area contributed by atoms with Crippen LogP contribution >= 0.6 is 11.6 Å². The van der Waals surface area contributed by atoms with Crippen LogP contribution in [0.15, 0.2) is 54.7 Å². The van der Waals surface area contributed by atoms with E-state index in [0.29, 0.717) is 36.6 Å². The van der Waals surface area contributed by atoms with Gasteiger partial charge in [-0.3, -0.25) is 0 Å². The number of aryl methyl sites for hydroxylation is 1. The number of hydrogen-bond donors (Lipinski definition) is 0. The number of likely N-dealkylation sites (tertiary alicyclic amines) is 1. The first kappa shape index (κ1) is 22.6. The zero-order chi connectivity index (χ0) is 23.9. The number of halogens is 1. The number of fused-ring (bicyclic) bond motifs is 2. The van der Waals surface area contributed by atoms with Crippen LogP contribution in [-0.4, -0.2) is 39.5 Å². The summed E-state index contributed by atoms with van der Waals surface area (Å²) in [7, 11) is 0. The normalized spacial score (nSPS) is 23.1. The number of aromatic nitrogens is 2. The van der Waals surface area contributed by atoms with Gasteiger partial charge in [-0.1, -0.05) is 54.1 Å². The number of para-hydroxylation sites is 1. The van der Waals surface area contributed by atoms with Crippen LogP contribution in [0.3, 0.4) is 0 Å². The van der Waals surface area contributed by atoms with E-state index < -0.39 is 0 Å². The standard InChI is InChI=1S/C28H30ClN3O3/c1-18-6-5-9-24(29)27(18)32-25(23(14-30-32)20-10-11-20)17-34-26-13-22-12-21(26)15-31(22)28(33)35-16-19-7-3-2-4-8-19/h2-9,14,20-22,26H,10-13,15-17H2,1H3/t21-,22-,26+/m0/s1. The molecule has 6 rings (SSSR count). The van der Waals surface area contributed by atoms with Gasteiger partial charge in [0.2, 0.25) is 0 Å². The van der Waals surface area contributed by atoms with Crippen molar-refractivity contribution in [3.05, 3.63) is 82.1 Å². The SMILES string of the molecule is Cc1cccc(Cl)c1-n1ncc(C2CC2)c1CO[C@@H]1C[C@@H]2C[C@H]1CN2C(=O)OCc1ccccc1. The van der Waals surface area contributed by atoms with Gasteiger partial charge < -0.3 is 14.4 Å². The van der Waals surface area contributed by atoms with Crippen LogP contribution in [0.4, 0.5) is 4.79 Å². The fraction of sp³-hybridized carbons (Fsp3) is 0.429. The smallest absolute Gasteiger partial charge is 0.410 e. The molecule has 2 saturated carbocycles. The lowest BCUT2D eigenvalue weighted by Gasteiger charge is -2.31. The number of carbonyl (C=O) groups is 1. The highest BCUT2D eigenvalue weighted by molar-refractivity contribution is 6.32. The summed E-state index contributed by atoms with van der Waals surface area (Å²) in [6, 6.07) is 15.9. The van der Waals surface area contributed by atoms with Gasteiger partial charge in [0.1, 0.15) is 6.61 Å². The lowest BCUT2D eigenvalue weighted by atomic mass is 10.1. The number of hydrogen-bond acceptors (Lipinski definition) is 4. The molecular weight excluding hydrogens is 462 g/mol. The third kappa shape index (κ3) is 4.45. The molecular formula is C28H30ClN3O3. The van der Waals surface area contributed by atoms with Crippen LogP contribution in [0.2, 0.25) is 5.02 Å². The molecule has 2 aromatic carbocycles. The van der Waals surface area contributed by atoms with Gasteiger partial charge in [-0.15, -0.1) is 0 Å². The van der Waals surface area contributed by atoms with Crippen molar-refractivity contribution in [2.45, 2.75) is 63.9 Å². The van der Waals surface area contributed by atoms with Gasteiger partial charge in [0.25, 0.3) is 0 Å². The predicted octanol–water partition coefficient (Wildman–Crippen LogP) is 6.03. The lowest BCUT2D eigenvalue weighted by Crippen LogP contribution is -2.42. The summed E-state index contributed by atoms with van der Waals surface area (Å²) in [4.78, 5) is 14.6. The molecule has 0 radical (unpaired) electrons. The van der Waals surface area contributed by atoms with Crippen LogP contribution in [0.1, 0.15) is 54.0 Å². The van der Waals surface area contributed by atoms with Gasteiger partial charge >= 0.3 is 6.09 Å². The summed E-state index contributed by atoms with van der Waals surface area (Å²) in [5, 5.41) is 5.42. The predicted molar refractivity (Wildman–Crippen MR) is 134 cm³/mol. The molecule has 3 fully saturated rings. The third-order valence-corrected chi connectivity index (χ3v) is 7.97. The van der Waals surface area contributed by atoms with Crippen LogP contribution in [0, 0.1) is 12.8 Å². The van der Waals surface area contributed by atoms with E-state index >= 15 is 0 Å². The molecule has 3 aliphatic rings. The Balaban J connectivity index is 1.11. The Kier molecular flexibility index (Phi) is 6.02. The molecule has 1 aliphatic heterocycles. The monoisotopic (exact) mass is 491 g/mol. The second-order valence-corrected chi connectivity index (χ2v) is 10.5. The minimum atomic E-state index is -0.219. The summed E-state index contributed by atoms with van der Waals surface area (Å²) in [5.41, 5.74) is 5.40. The van der Waals surface area contributed by atoms with Gasteiger partial charge in [0, 0.05) is 18.5 Å². The fourth-order valence-electron chi connectivity index (χ4n) is 5.67. The summed E-state index contributed by atoms with van der Waals surface area (Å²) >= 11 is 6.58. The maximum absolute atomic E-state index is 12.7. The Morgan fingerprint density at radius 2 is 1.91 bits per heavy atom. The molecule has 3 atom stereocenters. The Bertz CT molecular complexity index is 1200. The number of nitrogens with zero attached hydrogens (tertiary/aromatic N) is 3. The molecule has 0 N–H and O–H groups in total. The third-order valence-electron chi connectivity index (χ3n) is 7.67. The second-order valence-electron chi connectivity index (χ2n) is 10.1. The molecule has 35 heavy (non-hydrogen) atoms. The van der Waals surface area contributed by atoms with E-state index in [9.17, 15) is 4.79 Å². The summed E-state index contributed by atoms with van der Waals surface area (Å²) < 4.78 is 14.1. The van der Waals surface area contributed by atoms with Crippen molar-refractivity contribution in [3.63, 3.8) is 0 Å². The van der Waals surface area contributed by atoms with E-state index in [1.807, 2.05) is 58.2 Å². The van der Waals surface area contributed by atoms with E-state index in [4.69, 9.17) is 26.2 Å². The first-order valence-electron chi connectivity index (χ1n) is 12.5. The van der Waals surface area contributed by atoms with Crippen molar-refractivity contribution in [2.24, 2.45) is 5.92 Å². The molecule has 2 heterocycles. The molecule has 1 aromatic heterocycles. The average molecular weight is 492 g/mol. The van der Waals surface area contributed by atoms with Crippen LogP contribution in [0.25, 0.3) is 5.69 Å². The van der Waals surface area contributed by atoms with Crippen LogP contribution in [-0.2, 0) is 22.7 Å². The largest absolute Gasteiger partial charge is 0.445 e.